The van der Waals surface area contributed by atoms with Crippen LogP contribution in [-0.4, -0.2) is 39.9 Å². The Labute approximate surface area is 212 Å². The number of nitrogens with one attached hydrogen (secondary N) is 2. The summed E-state index contributed by atoms with van der Waals surface area (Å²) in [5, 5.41) is 11.5. The van der Waals surface area contributed by atoms with Gasteiger partial charge in [-0.3, -0.25) is 9.78 Å². The molecule has 2 aromatic heterocycles. The van der Waals surface area contributed by atoms with Crippen LogP contribution in [0.1, 0.15) is 18.5 Å². The average Bonchev–Trinajstić information content (AvgIpc) is 3.32. The molecule has 2 aromatic carbocycles. The summed E-state index contributed by atoms with van der Waals surface area (Å²) in [4.78, 5) is 22.3. The van der Waals surface area contributed by atoms with Crippen molar-refractivity contribution in [2.24, 2.45) is 0 Å². The number of anilines is 2. The van der Waals surface area contributed by atoms with Crippen LogP contribution in [0.15, 0.2) is 78.3 Å². The van der Waals surface area contributed by atoms with Crippen LogP contribution >= 0.6 is 11.6 Å². The van der Waals surface area contributed by atoms with Crippen LogP contribution in [0.2, 0.25) is 5.02 Å². The predicted molar refractivity (Wildman–Crippen MR) is 137 cm³/mol. The van der Waals surface area contributed by atoms with Gasteiger partial charge in [0, 0.05) is 34.1 Å². The zero-order chi connectivity index (χ0) is 25.2. The molecule has 1 unspecified atom stereocenters. The van der Waals surface area contributed by atoms with Gasteiger partial charge < -0.3 is 20.1 Å². The lowest BCUT2D eigenvalue weighted by Crippen LogP contribution is -2.31. The number of benzene rings is 2. The molecule has 0 radical (unpaired) electrons. The SMILES string of the molecule is COc1cc(OC)cc(-c2nc3n(n2)C(c2ccccc2Cl)C(C(=O)Nc2cccnc2)=C(C)N3)c1. The molecule has 1 amide bonds. The number of nitrogens with zero attached hydrogens (tertiary/aromatic N) is 4. The molecule has 1 atom stereocenters. The minimum Gasteiger partial charge on any atom is -0.497 e. The van der Waals surface area contributed by atoms with E-state index in [4.69, 9.17) is 31.2 Å². The fourth-order valence-corrected chi connectivity index (χ4v) is 4.36. The number of carbonyl (C=O) groups is 1. The van der Waals surface area contributed by atoms with Crippen molar-refractivity contribution < 1.29 is 14.3 Å². The molecule has 4 aromatic rings. The molecule has 0 spiro atoms. The van der Waals surface area contributed by atoms with E-state index in [2.05, 4.69) is 15.6 Å². The fourth-order valence-electron chi connectivity index (χ4n) is 4.12. The van der Waals surface area contributed by atoms with Gasteiger partial charge in [-0.2, -0.15) is 4.98 Å². The van der Waals surface area contributed by atoms with Crippen LogP contribution in [0.5, 0.6) is 11.5 Å². The van der Waals surface area contributed by atoms with E-state index >= 15 is 0 Å². The second kappa shape index (κ2) is 9.71. The standard InChI is InChI=1S/C26H23ClN6O3/c1-15-22(25(34)30-17-7-6-10-28-14-17)23(20-8-4-5-9-21(20)27)33-26(29-15)31-24(32-33)16-11-18(35-2)13-19(12-16)36-3/h4-14,23H,1-3H3,(H,30,34)(H,29,31,32). The third kappa shape index (κ3) is 4.36. The molecule has 0 aliphatic carbocycles. The molecule has 0 bridgehead atoms. The van der Waals surface area contributed by atoms with E-state index in [0.717, 1.165) is 5.56 Å². The van der Waals surface area contributed by atoms with Crippen molar-refractivity contribution in [3.8, 4) is 22.9 Å². The second-order valence-electron chi connectivity index (χ2n) is 8.09. The molecule has 182 valence electrons. The third-order valence-electron chi connectivity index (χ3n) is 5.83. The summed E-state index contributed by atoms with van der Waals surface area (Å²) in [5.74, 6) is 1.83. The first-order valence-electron chi connectivity index (χ1n) is 11.1. The van der Waals surface area contributed by atoms with Crippen molar-refractivity contribution in [2.75, 3.05) is 24.9 Å². The van der Waals surface area contributed by atoms with Crippen molar-refractivity contribution in [1.29, 1.82) is 0 Å². The Morgan fingerprint density at radius 3 is 2.50 bits per heavy atom. The summed E-state index contributed by atoms with van der Waals surface area (Å²) in [6, 6.07) is 15.7. The monoisotopic (exact) mass is 502 g/mol. The molecule has 5 rings (SSSR count). The van der Waals surface area contributed by atoms with Gasteiger partial charge in [0.15, 0.2) is 5.82 Å². The molecule has 9 nitrogen and oxygen atoms in total. The summed E-state index contributed by atoms with van der Waals surface area (Å²) in [6.07, 6.45) is 3.23. The number of methoxy groups -OCH3 is 2. The van der Waals surface area contributed by atoms with Crippen LogP contribution in [0.3, 0.4) is 0 Å². The van der Waals surface area contributed by atoms with Crippen LogP contribution in [0.4, 0.5) is 11.6 Å². The number of rotatable bonds is 6. The first-order valence-corrected chi connectivity index (χ1v) is 11.5. The van der Waals surface area contributed by atoms with Crippen molar-refractivity contribution >= 4 is 29.1 Å². The van der Waals surface area contributed by atoms with Gasteiger partial charge in [-0.25, -0.2) is 4.68 Å². The Hall–Kier alpha value is -4.37. The molecule has 1 aliphatic heterocycles. The van der Waals surface area contributed by atoms with Crippen LogP contribution < -0.4 is 20.1 Å². The topological polar surface area (TPSA) is 103 Å². The summed E-state index contributed by atoms with van der Waals surface area (Å²) < 4.78 is 12.5. The van der Waals surface area contributed by atoms with Gasteiger partial charge in [0.25, 0.3) is 5.91 Å². The lowest BCUT2D eigenvalue weighted by atomic mass is 9.95. The number of hydrogen-bond donors (Lipinski definition) is 2. The molecular formula is C26H23ClN6O3. The second-order valence-corrected chi connectivity index (χ2v) is 8.50. The molecule has 36 heavy (non-hydrogen) atoms. The van der Waals surface area contributed by atoms with E-state index < -0.39 is 6.04 Å². The highest BCUT2D eigenvalue weighted by molar-refractivity contribution is 6.31. The maximum Gasteiger partial charge on any atom is 0.255 e. The number of pyridine rings is 1. The van der Waals surface area contributed by atoms with Crippen molar-refractivity contribution in [1.82, 2.24) is 19.7 Å². The Kier molecular flexibility index (Phi) is 6.30. The maximum atomic E-state index is 13.6. The zero-order valence-electron chi connectivity index (χ0n) is 19.8. The fraction of sp³-hybridized carbons (Fsp3) is 0.154. The number of allylic oxidation sites excluding steroid dienone is 1. The van der Waals surface area contributed by atoms with Crippen LogP contribution in [0.25, 0.3) is 11.4 Å². The lowest BCUT2D eigenvalue weighted by Gasteiger charge is -2.29. The molecule has 0 saturated heterocycles. The van der Waals surface area contributed by atoms with Crippen molar-refractivity contribution in [2.45, 2.75) is 13.0 Å². The van der Waals surface area contributed by atoms with Crippen molar-refractivity contribution in [3.63, 3.8) is 0 Å². The van der Waals surface area contributed by atoms with Gasteiger partial charge in [0.2, 0.25) is 5.95 Å². The minimum absolute atomic E-state index is 0.302. The largest absolute Gasteiger partial charge is 0.497 e. The highest BCUT2D eigenvalue weighted by atomic mass is 35.5. The number of fused-ring (bicyclic) bond motifs is 1. The Bertz CT molecular complexity index is 1450. The van der Waals surface area contributed by atoms with Gasteiger partial charge in [0.05, 0.1) is 31.7 Å². The summed E-state index contributed by atoms with van der Waals surface area (Å²) in [6.45, 7) is 1.83. The molecule has 0 saturated carbocycles. The molecule has 1 aliphatic rings. The molecule has 3 heterocycles. The average molecular weight is 503 g/mol. The van der Waals surface area contributed by atoms with Crippen LogP contribution in [0, 0.1) is 0 Å². The van der Waals surface area contributed by atoms with E-state index in [0.29, 0.717) is 50.8 Å². The van der Waals surface area contributed by atoms with E-state index in [1.54, 1.807) is 55.6 Å². The van der Waals surface area contributed by atoms with E-state index in [9.17, 15) is 4.79 Å². The summed E-state index contributed by atoms with van der Waals surface area (Å²) >= 11 is 6.63. The first-order chi connectivity index (χ1) is 17.5. The van der Waals surface area contributed by atoms with Gasteiger partial charge >= 0.3 is 0 Å². The maximum absolute atomic E-state index is 13.6. The van der Waals surface area contributed by atoms with Crippen molar-refractivity contribution in [3.05, 3.63) is 88.8 Å². The Morgan fingerprint density at radius 1 is 1.08 bits per heavy atom. The third-order valence-corrected chi connectivity index (χ3v) is 6.17. The Balaban J connectivity index is 1.63. The number of amides is 1. The molecule has 2 N–H and O–H groups in total. The summed E-state index contributed by atoms with van der Waals surface area (Å²) in [7, 11) is 3.17. The predicted octanol–water partition coefficient (Wildman–Crippen LogP) is 4.94. The Morgan fingerprint density at radius 2 is 1.83 bits per heavy atom. The normalized spacial score (nSPS) is 14.6. The zero-order valence-corrected chi connectivity index (χ0v) is 20.6. The van der Waals surface area contributed by atoms with E-state index in [1.807, 2.05) is 37.3 Å². The smallest absolute Gasteiger partial charge is 0.255 e. The number of aromatic nitrogens is 4. The van der Waals surface area contributed by atoms with E-state index in [-0.39, 0.29) is 5.91 Å². The highest BCUT2D eigenvalue weighted by Crippen LogP contribution is 2.40. The highest BCUT2D eigenvalue weighted by Gasteiger charge is 2.35. The van der Waals surface area contributed by atoms with Gasteiger partial charge in [-0.15, -0.1) is 5.10 Å². The number of ether oxygens (including phenoxy) is 2. The quantitative estimate of drug-likeness (QED) is 0.385. The van der Waals surface area contributed by atoms with Gasteiger partial charge in [-0.1, -0.05) is 29.8 Å². The number of carbonyl (C=O) groups excluding carboxylic acids is 1. The van der Waals surface area contributed by atoms with E-state index in [1.165, 1.54) is 0 Å². The first kappa shape index (κ1) is 23.4. The number of hydrogen-bond acceptors (Lipinski definition) is 7. The lowest BCUT2D eigenvalue weighted by molar-refractivity contribution is -0.113. The summed E-state index contributed by atoms with van der Waals surface area (Å²) in [5.41, 5.74) is 3.09. The molecule has 0 fully saturated rings. The van der Waals surface area contributed by atoms with Crippen LogP contribution in [-0.2, 0) is 4.79 Å². The van der Waals surface area contributed by atoms with Gasteiger partial charge in [0.1, 0.15) is 17.5 Å². The minimum atomic E-state index is -0.625. The van der Waals surface area contributed by atoms with Gasteiger partial charge in [-0.05, 0) is 37.3 Å². The molecular weight excluding hydrogens is 480 g/mol. The molecule has 10 heteroatoms. The number of halogens is 1.